The van der Waals surface area contributed by atoms with E-state index in [1.807, 2.05) is 41.1 Å². The zero-order chi connectivity index (χ0) is 18.2. The molecule has 3 heterocycles. The second-order valence-corrected chi connectivity index (χ2v) is 7.22. The maximum absolute atomic E-state index is 4.91. The lowest BCUT2D eigenvalue weighted by Gasteiger charge is -2.08. The second-order valence-electron chi connectivity index (χ2n) is 6.28. The van der Waals surface area contributed by atoms with Crippen LogP contribution < -0.4 is 0 Å². The van der Waals surface area contributed by atoms with Gasteiger partial charge in [0.15, 0.2) is 11.0 Å². The van der Waals surface area contributed by atoms with E-state index in [9.17, 15) is 0 Å². The standard InChI is InChI=1S/C19H17N7S/c1-2-11-25-17(22-23-24-25)12-27-19-21-14-8-4-3-7-13(14)18-20-15-9-5-6-10-16(15)26(18)19/h3-10H,2,11-12H2,1H3. The van der Waals surface area contributed by atoms with E-state index in [2.05, 4.69) is 39.0 Å². The van der Waals surface area contributed by atoms with Crippen LogP contribution >= 0.6 is 11.8 Å². The van der Waals surface area contributed by atoms with Crippen molar-refractivity contribution in [3.05, 3.63) is 54.4 Å². The molecule has 0 bridgehead atoms. The number of fused-ring (bicyclic) bond motifs is 5. The summed E-state index contributed by atoms with van der Waals surface area (Å²) in [5.74, 6) is 1.51. The lowest BCUT2D eigenvalue weighted by molar-refractivity contribution is 0.564. The van der Waals surface area contributed by atoms with E-state index >= 15 is 0 Å². The summed E-state index contributed by atoms with van der Waals surface area (Å²) >= 11 is 1.63. The SMILES string of the molecule is CCCn1nnnc1CSc1nc2ccccc2c2nc3ccccc3n12. The Balaban J connectivity index is 1.66. The lowest BCUT2D eigenvalue weighted by atomic mass is 10.2. The number of imidazole rings is 1. The quantitative estimate of drug-likeness (QED) is 0.344. The van der Waals surface area contributed by atoms with Crippen LogP contribution in [0.3, 0.4) is 0 Å². The minimum absolute atomic E-state index is 0.653. The van der Waals surface area contributed by atoms with Crippen molar-refractivity contribution in [2.24, 2.45) is 0 Å². The summed E-state index contributed by atoms with van der Waals surface area (Å²) in [7, 11) is 0. The van der Waals surface area contributed by atoms with E-state index < -0.39 is 0 Å². The van der Waals surface area contributed by atoms with Crippen LogP contribution in [0.1, 0.15) is 19.2 Å². The summed E-state index contributed by atoms with van der Waals surface area (Å²) in [6.07, 6.45) is 0.993. The number of aryl methyl sites for hydroxylation is 1. The Hall–Kier alpha value is -3.00. The molecule has 0 unspecified atom stereocenters. The first-order chi connectivity index (χ1) is 13.3. The fraction of sp³-hybridized carbons (Fsp3) is 0.211. The zero-order valence-corrected chi connectivity index (χ0v) is 15.6. The van der Waals surface area contributed by atoms with Gasteiger partial charge in [-0.2, -0.15) is 0 Å². The second kappa shape index (κ2) is 6.62. The molecule has 0 atom stereocenters. The van der Waals surface area contributed by atoms with Gasteiger partial charge in [0, 0.05) is 11.9 Å². The summed E-state index contributed by atoms with van der Waals surface area (Å²) in [5.41, 5.74) is 3.89. The molecule has 27 heavy (non-hydrogen) atoms. The summed E-state index contributed by atoms with van der Waals surface area (Å²) < 4.78 is 3.99. The average molecular weight is 375 g/mol. The van der Waals surface area contributed by atoms with Crippen molar-refractivity contribution >= 4 is 39.3 Å². The van der Waals surface area contributed by atoms with Crippen LogP contribution in [-0.2, 0) is 12.3 Å². The monoisotopic (exact) mass is 375 g/mol. The van der Waals surface area contributed by atoms with E-state index in [0.717, 1.165) is 51.5 Å². The molecule has 0 aliphatic heterocycles. The first-order valence-electron chi connectivity index (χ1n) is 8.89. The molecule has 0 aliphatic rings. The van der Waals surface area contributed by atoms with Gasteiger partial charge in [-0.15, -0.1) is 5.10 Å². The smallest absolute Gasteiger partial charge is 0.175 e. The van der Waals surface area contributed by atoms with Crippen molar-refractivity contribution in [3.8, 4) is 0 Å². The number of tetrazole rings is 1. The van der Waals surface area contributed by atoms with Crippen LogP contribution in [0, 0.1) is 0 Å². The zero-order valence-electron chi connectivity index (χ0n) is 14.8. The van der Waals surface area contributed by atoms with Gasteiger partial charge in [-0.25, -0.2) is 14.6 Å². The molecule has 0 aliphatic carbocycles. The Labute approximate surface area is 159 Å². The topological polar surface area (TPSA) is 73.8 Å². The summed E-state index contributed by atoms with van der Waals surface area (Å²) in [5, 5.41) is 14.0. The largest absolute Gasteiger partial charge is 0.271 e. The molecular weight excluding hydrogens is 358 g/mol. The first kappa shape index (κ1) is 16.2. The molecule has 2 aromatic carbocycles. The van der Waals surface area contributed by atoms with Gasteiger partial charge in [-0.05, 0) is 41.1 Å². The highest BCUT2D eigenvalue weighted by Crippen LogP contribution is 2.30. The Kier molecular flexibility index (Phi) is 3.97. The molecule has 0 amide bonds. The molecule has 0 saturated heterocycles. The van der Waals surface area contributed by atoms with Crippen LogP contribution in [0.5, 0.6) is 0 Å². The van der Waals surface area contributed by atoms with Gasteiger partial charge in [0.05, 0.1) is 22.3 Å². The molecule has 0 spiro atoms. The molecule has 134 valence electrons. The Bertz CT molecular complexity index is 1260. The number of thioether (sulfide) groups is 1. The van der Waals surface area contributed by atoms with E-state index in [1.165, 1.54) is 0 Å². The molecule has 0 saturated carbocycles. The van der Waals surface area contributed by atoms with Crippen molar-refractivity contribution in [1.29, 1.82) is 0 Å². The van der Waals surface area contributed by atoms with Crippen molar-refractivity contribution in [2.45, 2.75) is 30.8 Å². The third kappa shape index (κ3) is 2.73. The minimum atomic E-state index is 0.653. The molecule has 7 nitrogen and oxygen atoms in total. The van der Waals surface area contributed by atoms with Gasteiger partial charge in [0.2, 0.25) is 0 Å². The van der Waals surface area contributed by atoms with E-state index in [0.29, 0.717) is 5.75 Å². The molecule has 8 heteroatoms. The maximum atomic E-state index is 4.91. The number of aromatic nitrogens is 7. The fourth-order valence-electron chi connectivity index (χ4n) is 3.25. The predicted octanol–water partition coefficient (Wildman–Crippen LogP) is 3.72. The van der Waals surface area contributed by atoms with Gasteiger partial charge < -0.3 is 0 Å². The van der Waals surface area contributed by atoms with Gasteiger partial charge in [-0.3, -0.25) is 4.40 Å². The normalized spacial score (nSPS) is 11.7. The summed E-state index contributed by atoms with van der Waals surface area (Å²) in [4.78, 5) is 9.77. The highest BCUT2D eigenvalue weighted by atomic mass is 32.2. The van der Waals surface area contributed by atoms with Gasteiger partial charge in [-0.1, -0.05) is 43.0 Å². The fourth-order valence-corrected chi connectivity index (χ4v) is 4.19. The van der Waals surface area contributed by atoms with E-state index in [1.54, 1.807) is 11.8 Å². The first-order valence-corrected chi connectivity index (χ1v) is 9.87. The van der Waals surface area contributed by atoms with Crippen molar-refractivity contribution in [2.75, 3.05) is 0 Å². The van der Waals surface area contributed by atoms with Crippen LogP contribution in [-0.4, -0.2) is 34.6 Å². The average Bonchev–Trinajstić information content (AvgIpc) is 3.31. The Morgan fingerprint density at radius 3 is 2.67 bits per heavy atom. The van der Waals surface area contributed by atoms with Crippen molar-refractivity contribution in [1.82, 2.24) is 34.6 Å². The number of para-hydroxylation sites is 3. The molecule has 5 aromatic rings. The molecular formula is C19H17N7S. The van der Waals surface area contributed by atoms with Crippen LogP contribution in [0.15, 0.2) is 53.7 Å². The lowest BCUT2D eigenvalue weighted by Crippen LogP contribution is -2.05. The molecule has 0 radical (unpaired) electrons. The highest BCUT2D eigenvalue weighted by Gasteiger charge is 2.15. The highest BCUT2D eigenvalue weighted by molar-refractivity contribution is 7.98. The molecule has 3 aromatic heterocycles. The van der Waals surface area contributed by atoms with Crippen molar-refractivity contribution < 1.29 is 0 Å². The van der Waals surface area contributed by atoms with E-state index in [4.69, 9.17) is 9.97 Å². The summed E-state index contributed by atoms with van der Waals surface area (Å²) in [6, 6.07) is 16.3. The Morgan fingerprint density at radius 1 is 0.963 bits per heavy atom. The molecule has 0 N–H and O–H groups in total. The van der Waals surface area contributed by atoms with Crippen LogP contribution in [0.25, 0.3) is 27.6 Å². The minimum Gasteiger partial charge on any atom is -0.271 e. The number of benzene rings is 2. The third-order valence-electron chi connectivity index (χ3n) is 4.48. The molecule has 5 rings (SSSR count). The van der Waals surface area contributed by atoms with Crippen LogP contribution in [0.2, 0.25) is 0 Å². The number of hydrogen-bond acceptors (Lipinski definition) is 6. The number of hydrogen-bond donors (Lipinski definition) is 0. The maximum Gasteiger partial charge on any atom is 0.175 e. The number of nitrogens with zero attached hydrogens (tertiary/aromatic N) is 7. The van der Waals surface area contributed by atoms with Gasteiger partial charge in [0.25, 0.3) is 0 Å². The van der Waals surface area contributed by atoms with Crippen molar-refractivity contribution in [3.63, 3.8) is 0 Å². The van der Waals surface area contributed by atoms with Gasteiger partial charge >= 0.3 is 0 Å². The predicted molar refractivity (Wildman–Crippen MR) is 106 cm³/mol. The van der Waals surface area contributed by atoms with E-state index in [-0.39, 0.29) is 0 Å². The van der Waals surface area contributed by atoms with Crippen LogP contribution in [0.4, 0.5) is 0 Å². The summed E-state index contributed by atoms with van der Waals surface area (Å²) in [6.45, 7) is 2.93. The molecule has 0 fully saturated rings. The van der Waals surface area contributed by atoms with Gasteiger partial charge in [0.1, 0.15) is 5.65 Å². The Morgan fingerprint density at radius 2 is 1.78 bits per heavy atom. The third-order valence-corrected chi connectivity index (χ3v) is 5.42. The number of rotatable bonds is 5.